The van der Waals surface area contributed by atoms with Crippen LogP contribution in [0.2, 0.25) is 0 Å². The first kappa shape index (κ1) is 22.1. The zero-order chi connectivity index (χ0) is 21.1. The van der Waals surface area contributed by atoms with Gasteiger partial charge < -0.3 is 15.7 Å². The first-order valence-electron chi connectivity index (χ1n) is 8.37. The van der Waals surface area contributed by atoms with E-state index in [1.54, 1.807) is 0 Å². The average Bonchev–Trinajstić information content (AvgIpc) is 2.58. The number of hydrogen-bond donors (Lipinski definition) is 3. The predicted molar refractivity (Wildman–Crippen MR) is 86.0 cm³/mol. The van der Waals surface area contributed by atoms with Crippen molar-refractivity contribution in [2.45, 2.75) is 57.1 Å². The van der Waals surface area contributed by atoms with Crippen LogP contribution < -0.4 is 10.6 Å². The number of nitrogens with one attached hydrogen (secondary N) is 2. The van der Waals surface area contributed by atoms with Crippen LogP contribution in [0.4, 0.5) is 42.6 Å². The molecule has 2 rings (SSSR count). The molecule has 0 saturated carbocycles. The van der Waals surface area contributed by atoms with E-state index < -0.39 is 61.0 Å². The molecule has 2 atom stereocenters. The predicted octanol–water partition coefficient (Wildman–Crippen LogP) is 3.82. The molecular formula is C15H18F7N5O. The third-order valence-electron chi connectivity index (χ3n) is 3.94. The molecule has 1 heterocycles. The van der Waals surface area contributed by atoms with Crippen molar-refractivity contribution in [3.63, 3.8) is 0 Å². The molecule has 1 aliphatic carbocycles. The van der Waals surface area contributed by atoms with Crippen LogP contribution in [0, 0.1) is 0 Å². The number of alkyl halides is 6. The van der Waals surface area contributed by atoms with Gasteiger partial charge in [0.15, 0.2) is 5.82 Å². The highest BCUT2D eigenvalue weighted by Gasteiger charge is 2.39. The maximum absolute atomic E-state index is 14.2. The Balaban J connectivity index is 2.42. The summed E-state index contributed by atoms with van der Waals surface area (Å²) >= 11 is 0. The number of hydrogen-bond acceptors (Lipinski definition) is 6. The van der Waals surface area contributed by atoms with Crippen molar-refractivity contribution < 1.29 is 35.8 Å². The Labute approximate surface area is 155 Å². The second-order valence-electron chi connectivity index (χ2n) is 6.16. The maximum Gasteiger partial charge on any atom is 0.408 e. The SMILES string of the molecule is CC[C@@H](Nc1nc(NCC(F)(F)F)nc(C2=C(F)C(O)CCC2)n1)C(F)(F)F. The lowest BCUT2D eigenvalue weighted by Crippen LogP contribution is -2.36. The number of allylic oxidation sites excluding steroid dienone is 1. The molecule has 0 aliphatic heterocycles. The Hall–Kier alpha value is -2.18. The van der Waals surface area contributed by atoms with E-state index in [4.69, 9.17) is 0 Å². The van der Waals surface area contributed by atoms with Crippen LogP contribution in [0.1, 0.15) is 38.4 Å². The molecule has 0 bridgehead atoms. The van der Waals surface area contributed by atoms with E-state index in [0.717, 1.165) is 0 Å². The van der Waals surface area contributed by atoms with Crippen LogP contribution in [-0.2, 0) is 0 Å². The van der Waals surface area contributed by atoms with Crippen LogP contribution in [0.15, 0.2) is 5.83 Å². The first-order valence-corrected chi connectivity index (χ1v) is 8.37. The van der Waals surface area contributed by atoms with Gasteiger partial charge in [0, 0.05) is 5.57 Å². The van der Waals surface area contributed by atoms with Crippen molar-refractivity contribution >= 4 is 17.5 Å². The molecule has 1 aromatic rings. The maximum atomic E-state index is 14.2. The van der Waals surface area contributed by atoms with E-state index in [0.29, 0.717) is 6.42 Å². The highest BCUT2D eigenvalue weighted by Crippen LogP contribution is 2.33. The summed E-state index contributed by atoms with van der Waals surface area (Å²) in [5.41, 5.74) is -0.181. The number of aliphatic hydroxyl groups is 1. The van der Waals surface area contributed by atoms with Crippen LogP contribution >= 0.6 is 0 Å². The van der Waals surface area contributed by atoms with Gasteiger partial charge >= 0.3 is 12.4 Å². The van der Waals surface area contributed by atoms with Crippen molar-refractivity contribution in [3.8, 4) is 0 Å². The summed E-state index contributed by atoms with van der Waals surface area (Å²) in [5, 5.41) is 13.5. The fraction of sp³-hybridized carbons (Fsp3) is 0.667. The normalized spacial score (nSPS) is 19.5. The molecule has 0 aromatic carbocycles. The van der Waals surface area contributed by atoms with Gasteiger partial charge in [-0.1, -0.05) is 6.92 Å². The molecular weight excluding hydrogens is 399 g/mol. The Morgan fingerprint density at radius 3 is 2.32 bits per heavy atom. The molecule has 1 unspecified atom stereocenters. The smallest absolute Gasteiger partial charge is 0.386 e. The topological polar surface area (TPSA) is 83.0 Å². The number of aliphatic hydroxyl groups excluding tert-OH is 1. The molecule has 158 valence electrons. The third kappa shape index (κ3) is 5.91. The van der Waals surface area contributed by atoms with Crippen molar-refractivity contribution in [1.29, 1.82) is 0 Å². The van der Waals surface area contributed by atoms with Gasteiger partial charge in [-0.25, -0.2) is 4.39 Å². The minimum Gasteiger partial charge on any atom is -0.386 e. The molecule has 6 nitrogen and oxygen atoms in total. The molecule has 1 aromatic heterocycles. The van der Waals surface area contributed by atoms with Gasteiger partial charge in [0.05, 0.1) is 0 Å². The van der Waals surface area contributed by atoms with Crippen molar-refractivity contribution in [2.75, 3.05) is 17.2 Å². The van der Waals surface area contributed by atoms with E-state index in [1.807, 2.05) is 10.6 Å². The Kier molecular flexibility index (Phi) is 6.67. The average molecular weight is 417 g/mol. The van der Waals surface area contributed by atoms with Gasteiger partial charge in [0.2, 0.25) is 11.9 Å². The molecule has 1 aliphatic rings. The summed E-state index contributed by atoms with van der Waals surface area (Å²) in [6.07, 6.45) is -10.6. The summed E-state index contributed by atoms with van der Waals surface area (Å²) in [5.74, 6) is -2.72. The lowest BCUT2D eigenvalue weighted by atomic mass is 9.96. The minimum atomic E-state index is -4.66. The van der Waals surface area contributed by atoms with Crippen molar-refractivity contribution in [1.82, 2.24) is 15.0 Å². The number of aromatic nitrogens is 3. The van der Waals surface area contributed by atoms with Gasteiger partial charge in [-0.15, -0.1) is 0 Å². The Morgan fingerprint density at radius 2 is 1.75 bits per heavy atom. The van der Waals surface area contributed by atoms with E-state index in [9.17, 15) is 35.8 Å². The molecule has 13 heteroatoms. The zero-order valence-electron chi connectivity index (χ0n) is 14.6. The van der Waals surface area contributed by atoms with Gasteiger partial charge in [-0.2, -0.15) is 41.3 Å². The molecule has 28 heavy (non-hydrogen) atoms. The van der Waals surface area contributed by atoms with Gasteiger partial charge in [-0.3, -0.25) is 0 Å². The van der Waals surface area contributed by atoms with E-state index >= 15 is 0 Å². The monoisotopic (exact) mass is 417 g/mol. The van der Waals surface area contributed by atoms with Crippen LogP contribution in [0.3, 0.4) is 0 Å². The highest BCUT2D eigenvalue weighted by atomic mass is 19.4. The fourth-order valence-electron chi connectivity index (χ4n) is 2.54. The van der Waals surface area contributed by atoms with Crippen LogP contribution in [0.25, 0.3) is 5.57 Å². The lowest BCUT2D eigenvalue weighted by molar-refractivity contribution is -0.143. The molecule has 0 amide bonds. The van der Waals surface area contributed by atoms with Gasteiger partial charge in [0.1, 0.15) is 24.5 Å². The Bertz CT molecular complexity index is 720. The molecule has 3 N–H and O–H groups in total. The summed E-state index contributed by atoms with van der Waals surface area (Å²) in [6.45, 7) is -0.299. The number of anilines is 2. The quantitative estimate of drug-likeness (QED) is 0.611. The largest absolute Gasteiger partial charge is 0.408 e. The number of rotatable bonds is 6. The summed E-state index contributed by atoms with van der Waals surface area (Å²) in [7, 11) is 0. The summed E-state index contributed by atoms with van der Waals surface area (Å²) < 4.78 is 90.4. The molecule has 0 spiro atoms. The van der Waals surface area contributed by atoms with Crippen molar-refractivity contribution in [2.24, 2.45) is 0 Å². The fourth-order valence-corrected chi connectivity index (χ4v) is 2.54. The van der Waals surface area contributed by atoms with Crippen molar-refractivity contribution in [3.05, 3.63) is 11.7 Å². The molecule has 0 saturated heterocycles. The van der Waals surface area contributed by atoms with Gasteiger partial charge in [0.25, 0.3) is 0 Å². The highest BCUT2D eigenvalue weighted by molar-refractivity contribution is 5.65. The van der Waals surface area contributed by atoms with Gasteiger partial charge in [-0.05, 0) is 25.7 Å². The second-order valence-corrected chi connectivity index (χ2v) is 6.16. The zero-order valence-corrected chi connectivity index (χ0v) is 14.6. The number of halogens is 7. The van der Waals surface area contributed by atoms with E-state index in [1.165, 1.54) is 6.92 Å². The second kappa shape index (κ2) is 8.45. The van der Waals surface area contributed by atoms with E-state index in [2.05, 4.69) is 15.0 Å². The lowest BCUT2D eigenvalue weighted by Gasteiger charge is -2.22. The van der Waals surface area contributed by atoms with Crippen LogP contribution in [-0.4, -0.2) is 51.1 Å². The first-order chi connectivity index (χ1) is 12.9. The molecule has 0 radical (unpaired) electrons. The summed E-state index contributed by atoms with van der Waals surface area (Å²) in [6, 6.07) is -2.06. The Morgan fingerprint density at radius 1 is 1.11 bits per heavy atom. The minimum absolute atomic E-state index is 0.0710. The van der Waals surface area contributed by atoms with Crippen LogP contribution in [0.5, 0.6) is 0 Å². The third-order valence-corrected chi connectivity index (χ3v) is 3.94. The standard InChI is InChI=1S/C15H18F7N5O/c1-2-9(15(20,21)22)24-13-26-11(7-4-3-5-8(28)10(7)16)25-12(27-13)23-6-14(17,18)19/h8-9,28H,2-6H2,1H3,(H2,23,24,25,26,27)/t8?,9-/m1/s1. The van der Waals surface area contributed by atoms with E-state index in [-0.39, 0.29) is 18.4 Å². The summed E-state index contributed by atoms with van der Waals surface area (Å²) in [4.78, 5) is 10.9. The number of nitrogens with zero attached hydrogens (tertiary/aromatic N) is 3. The molecule has 0 fully saturated rings.